The van der Waals surface area contributed by atoms with Crippen molar-refractivity contribution in [2.75, 3.05) is 45.1 Å². The number of carbonyl (C=O) groups excluding carboxylic acids is 1. The van der Waals surface area contributed by atoms with Crippen molar-refractivity contribution in [2.24, 2.45) is 11.8 Å². The van der Waals surface area contributed by atoms with E-state index < -0.39 is 10.0 Å². The molecule has 2 saturated heterocycles. The molecular weight excluding hydrogens is 330 g/mol. The summed E-state index contributed by atoms with van der Waals surface area (Å²) in [6, 6.07) is 0. The van der Waals surface area contributed by atoms with Crippen molar-refractivity contribution < 1.29 is 17.9 Å². The van der Waals surface area contributed by atoms with Gasteiger partial charge in [0.15, 0.2) is 0 Å². The number of carbonyl (C=O) groups is 1. The number of likely N-dealkylation sites (tertiary alicyclic amines) is 1. The number of ether oxygens (including phenoxy) is 1. The fourth-order valence-corrected chi connectivity index (χ4v) is 3.61. The van der Waals surface area contributed by atoms with Gasteiger partial charge in [-0.25, -0.2) is 13.1 Å². The van der Waals surface area contributed by atoms with Crippen LogP contribution in [0.5, 0.6) is 0 Å². The zero-order valence-corrected chi connectivity index (χ0v) is 14.7. The lowest BCUT2D eigenvalue weighted by molar-refractivity contribution is -0.129. The third kappa shape index (κ3) is 5.66. The summed E-state index contributed by atoms with van der Waals surface area (Å²) < 4.78 is 31.1. The minimum atomic E-state index is -3.46. The Morgan fingerprint density at radius 2 is 1.91 bits per heavy atom. The van der Waals surface area contributed by atoms with Gasteiger partial charge in [-0.1, -0.05) is 0 Å². The van der Waals surface area contributed by atoms with E-state index in [2.05, 4.69) is 10.0 Å². The molecule has 0 unspecified atom stereocenters. The number of nitrogens with one attached hydrogen (secondary N) is 2. The summed E-state index contributed by atoms with van der Waals surface area (Å²) >= 11 is 0. The van der Waals surface area contributed by atoms with Gasteiger partial charge >= 0.3 is 0 Å². The Morgan fingerprint density at radius 3 is 2.45 bits per heavy atom. The van der Waals surface area contributed by atoms with E-state index in [0.717, 1.165) is 26.2 Å². The molecule has 2 atom stereocenters. The average molecular weight is 356 g/mol. The smallest absolute Gasteiger partial charge is 0.237 e. The molecule has 0 aromatic carbocycles. The molecule has 2 aliphatic rings. The maximum atomic E-state index is 12.1. The average Bonchev–Trinajstić information content (AvgIpc) is 2.95. The zero-order chi connectivity index (χ0) is 15.5. The maximum absolute atomic E-state index is 12.1. The monoisotopic (exact) mass is 355 g/mol. The molecule has 130 valence electrons. The van der Waals surface area contributed by atoms with Crippen LogP contribution >= 0.6 is 12.4 Å². The van der Waals surface area contributed by atoms with Crippen LogP contribution in [0.2, 0.25) is 0 Å². The number of hydrogen-bond donors (Lipinski definition) is 2. The van der Waals surface area contributed by atoms with Crippen LogP contribution < -0.4 is 10.0 Å². The Balaban J connectivity index is 0.00000242. The molecular formula is C13H26ClN3O4S. The van der Waals surface area contributed by atoms with Gasteiger partial charge in [0.1, 0.15) is 0 Å². The first-order chi connectivity index (χ1) is 9.87. The standard InChI is InChI=1S/C13H25N3O4S.ClH/c1-10(2)20-3-4-21(18,19)15-7-13(17)16-8-11-5-14-6-12(11)9-16;/h10-12,14-15H,3-9H2,1-2H3;1H/t11-,12+;. The van der Waals surface area contributed by atoms with Gasteiger partial charge in [-0.05, 0) is 25.7 Å². The van der Waals surface area contributed by atoms with Gasteiger partial charge in [0.2, 0.25) is 15.9 Å². The van der Waals surface area contributed by atoms with Crippen LogP contribution in [0, 0.1) is 11.8 Å². The van der Waals surface area contributed by atoms with Crippen molar-refractivity contribution in [1.82, 2.24) is 14.9 Å². The maximum Gasteiger partial charge on any atom is 0.237 e. The number of sulfonamides is 1. The minimum absolute atomic E-state index is 0. The molecule has 0 saturated carbocycles. The highest BCUT2D eigenvalue weighted by atomic mass is 35.5. The fourth-order valence-electron chi connectivity index (χ4n) is 2.81. The molecule has 0 aromatic rings. The number of nitrogens with zero attached hydrogens (tertiary/aromatic N) is 1. The number of halogens is 1. The van der Waals surface area contributed by atoms with Crippen molar-refractivity contribution in [3.63, 3.8) is 0 Å². The highest BCUT2D eigenvalue weighted by Crippen LogP contribution is 2.25. The van der Waals surface area contributed by atoms with E-state index in [-0.39, 0.29) is 43.3 Å². The molecule has 0 aromatic heterocycles. The van der Waals surface area contributed by atoms with Gasteiger partial charge in [0, 0.05) is 26.2 Å². The SMILES string of the molecule is CC(C)OCCS(=O)(=O)NCC(=O)N1C[C@H]2CNC[C@H]2C1.Cl. The molecule has 0 aliphatic carbocycles. The highest BCUT2D eigenvalue weighted by molar-refractivity contribution is 7.89. The molecule has 9 heteroatoms. The van der Waals surface area contributed by atoms with Gasteiger partial charge in [-0.3, -0.25) is 4.79 Å². The summed E-state index contributed by atoms with van der Waals surface area (Å²) in [5.74, 6) is 0.779. The van der Waals surface area contributed by atoms with E-state index in [0.29, 0.717) is 11.8 Å². The van der Waals surface area contributed by atoms with Crippen LogP contribution in [0.25, 0.3) is 0 Å². The quantitative estimate of drug-likeness (QED) is 0.638. The van der Waals surface area contributed by atoms with E-state index in [9.17, 15) is 13.2 Å². The normalized spacial score (nSPS) is 24.4. The van der Waals surface area contributed by atoms with E-state index >= 15 is 0 Å². The van der Waals surface area contributed by atoms with Crippen molar-refractivity contribution in [2.45, 2.75) is 20.0 Å². The third-order valence-electron chi connectivity index (χ3n) is 3.99. The van der Waals surface area contributed by atoms with Crippen LogP contribution in [0.3, 0.4) is 0 Å². The van der Waals surface area contributed by atoms with Gasteiger partial charge in [0.25, 0.3) is 0 Å². The lowest BCUT2D eigenvalue weighted by Gasteiger charge is -2.18. The molecule has 2 aliphatic heterocycles. The first-order valence-electron chi connectivity index (χ1n) is 7.45. The highest BCUT2D eigenvalue weighted by Gasteiger charge is 2.37. The van der Waals surface area contributed by atoms with Gasteiger partial charge < -0.3 is 15.0 Å². The third-order valence-corrected chi connectivity index (χ3v) is 5.28. The van der Waals surface area contributed by atoms with Crippen molar-refractivity contribution in [3.05, 3.63) is 0 Å². The molecule has 22 heavy (non-hydrogen) atoms. The molecule has 2 rings (SSSR count). The molecule has 1 amide bonds. The zero-order valence-electron chi connectivity index (χ0n) is 13.1. The predicted octanol–water partition coefficient (Wildman–Crippen LogP) is -0.570. The van der Waals surface area contributed by atoms with E-state index in [1.165, 1.54) is 0 Å². The lowest BCUT2D eigenvalue weighted by Crippen LogP contribution is -2.41. The Labute approximate surface area is 138 Å². The number of hydrogen-bond acceptors (Lipinski definition) is 5. The Kier molecular flexibility index (Phi) is 7.54. The van der Waals surface area contributed by atoms with Gasteiger partial charge in [-0.2, -0.15) is 0 Å². The first kappa shape index (κ1) is 19.6. The van der Waals surface area contributed by atoms with Crippen LogP contribution in [0.4, 0.5) is 0 Å². The second-order valence-corrected chi connectivity index (χ2v) is 7.96. The van der Waals surface area contributed by atoms with Crippen LogP contribution in [-0.4, -0.2) is 70.4 Å². The molecule has 2 N–H and O–H groups in total. The molecule has 2 heterocycles. The topological polar surface area (TPSA) is 87.7 Å². The van der Waals surface area contributed by atoms with Crippen molar-refractivity contribution in [1.29, 1.82) is 0 Å². The van der Waals surface area contributed by atoms with Crippen LogP contribution in [0.1, 0.15) is 13.8 Å². The fraction of sp³-hybridized carbons (Fsp3) is 0.923. The summed E-state index contributed by atoms with van der Waals surface area (Å²) in [6.07, 6.45) is -0.000508. The summed E-state index contributed by atoms with van der Waals surface area (Å²) in [5, 5.41) is 3.31. The summed E-state index contributed by atoms with van der Waals surface area (Å²) in [5.41, 5.74) is 0. The Morgan fingerprint density at radius 1 is 1.32 bits per heavy atom. The summed E-state index contributed by atoms with van der Waals surface area (Å²) in [6.45, 7) is 7.05. The molecule has 0 spiro atoms. The Hall–Kier alpha value is -0.410. The first-order valence-corrected chi connectivity index (χ1v) is 9.10. The van der Waals surface area contributed by atoms with Crippen molar-refractivity contribution in [3.8, 4) is 0 Å². The second-order valence-electron chi connectivity index (χ2n) is 6.04. The molecule has 0 bridgehead atoms. The number of rotatable bonds is 7. The largest absolute Gasteiger partial charge is 0.378 e. The molecule has 0 radical (unpaired) electrons. The summed E-state index contributed by atoms with van der Waals surface area (Å²) in [4.78, 5) is 13.8. The van der Waals surface area contributed by atoms with E-state index in [4.69, 9.17) is 4.74 Å². The van der Waals surface area contributed by atoms with Crippen LogP contribution in [0.15, 0.2) is 0 Å². The Bertz CT molecular complexity index is 460. The van der Waals surface area contributed by atoms with Gasteiger partial charge in [-0.15, -0.1) is 12.4 Å². The van der Waals surface area contributed by atoms with Gasteiger partial charge in [0.05, 0.1) is 25.0 Å². The number of fused-ring (bicyclic) bond motifs is 1. The lowest BCUT2D eigenvalue weighted by atomic mass is 10.0. The molecule has 2 fully saturated rings. The summed E-state index contributed by atoms with van der Waals surface area (Å²) in [7, 11) is -3.46. The van der Waals surface area contributed by atoms with E-state index in [1.54, 1.807) is 4.90 Å². The molecule has 7 nitrogen and oxygen atoms in total. The second kappa shape index (κ2) is 8.44. The minimum Gasteiger partial charge on any atom is -0.378 e. The van der Waals surface area contributed by atoms with E-state index in [1.807, 2.05) is 13.8 Å². The van der Waals surface area contributed by atoms with Crippen molar-refractivity contribution >= 4 is 28.3 Å². The number of amides is 1. The predicted molar refractivity (Wildman–Crippen MR) is 86.6 cm³/mol. The van der Waals surface area contributed by atoms with Crippen LogP contribution in [-0.2, 0) is 19.6 Å².